The fourth-order valence-electron chi connectivity index (χ4n) is 1.89. The summed E-state index contributed by atoms with van der Waals surface area (Å²) in [7, 11) is 1.88. The number of hydrogen-bond donors (Lipinski definition) is 1. The number of nitrogens with one attached hydrogen (secondary N) is 1. The van der Waals surface area contributed by atoms with E-state index in [9.17, 15) is 0 Å². The van der Waals surface area contributed by atoms with E-state index >= 15 is 0 Å². The molecule has 1 aromatic heterocycles. The minimum Gasteiger partial charge on any atom is -0.373 e. The Morgan fingerprint density at radius 2 is 2.07 bits per heavy atom. The Bertz CT molecular complexity index is 318. The number of rotatable bonds is 2. The van der Waals surface area contributed by atoms with Crippen LogP contribution in [0.4, 0.5) is 11.6 Å². The average Bonchev–Trinajstić information content (AvgIpc) is 2.30. The van der Waals surface area contributed by atoms with Crippen LogP contribution in [0.15, 0.2) is 12.4 Å². The maximum Gasteiger partial charge on any atom is 0.134 e. The highest BCUT2D eigenvalue weighted by atomic mass is 15.2. The van der Waals surface area contributed by atoms with Crippen molar-refractivity contribution in [2.45, 2.75) is 19.8 Å². The summed E-state index contributed by atoms with van der Waals surface area (Å²) in [6.07, 6.45) is 4.15. The average molecular weight is 206 g/mol. The summed E-state index contributed by atoms with van der Waals surface area (Å²) >= 11 is 0. The van der Waals surface area contributed by atoms with Crippen molar-refractivity contribution in [1.29, 1.82) is 0 Å². The van der Waals surface area contributed by atoms with Gasteiger partial charge >= 0.3 is 0 Å². The van der Waals surface area contributed by atoms with E-state index in [1.54, 1.807) is 6.33 Å². The quantitative estimate of drug-likeness (QED) is 0.800. The maximum atomic E-state index is 4.31. The maximum absolute atomic E-state index is 4.31. The summed E-state index contributed by atoms with van der Waals surface area (Å²) in [4.78, 5) is 10.8. The molecule has 2 rings (SSSR count). The molecule has 4 heteroatoms. The zero-order valence-electron chi connectivity index (χ0n) is 9.40. The van der Waals surface area contributed by atoms with E-state index in [1.165, 1.54) is 12.8 Å². The predicted octanol–water partition coefficient (Wildman–Crippen LogP) is 1.75. The molecular weight excluding hydrogens is 188 g/mol. The Morgan fingerprint density at radius 1 is 1.33 bits per heavy atom. The molecule has 1 aliphatic heterocycles. The van der Waals surface area contributed by atoms with Gasteiger partial charge < -0.3 is 10.2 Å². The molecule has 0 aromatic carbocycles. The Labute approximate surface area is 90.7 Å². The van der Waals surface area contributed by atoms with E-state index in [4.69, 9.17) is 0 Å². The molecule has 1 saturated heterocycles. The second-order valence-corrected chi connectivity index (χ2v) is 4.18. The van der Waals surface area contributed by atoms with Crippen LogP contribution in [-0.2, 0) is 0 Å². The van der Waals surface area contributed by atoms with Crippen LogP contribution in [0.5, 0.6) is 0 Å². The van der Waals surface area contributed by atoms with Crippen molar-refractivity contribution in [3.63, 3.8) is 0 Å². The summed E-state index contributed by atoms with van der Waals surface area (Å²) < 4.78 is 0. The van der Waals surface area contributed by atoms with E-state index in [-0.39, 0.29) is 0 Å². The molecule has 0 spiro atoms. The minimum atomic E-state index is 0.854. The fraction of sp³-hybridized carbons (Fsp3) is 0.636. The van der Waals surface area contributed by atoms with Crippen LogP contribution < -0.4 is 10.2 Å². The predicted molar refractivity (Wildman–Crippen MR) is 62.2 cm³/mol. The molecule has 1 aromatic rings. The second-order valence-electron chi connectivity index (χ2n) is 4.18. The Hall–Kier alpha value is -1.32. The van der Waals surface area contributed by atoms with Crippen LogP contribution in [-0.4, -0.2) is 30.1 Å². The highest BCUT2D eigenvalue weighted by Crippen LogP contribution is 2.21. The van der Waals surface area contributed by atoms with Gasteiger partial charge in [-0.15, -0.1) is 0 Å². The molecule has 0 atom stereocenters. The molecule has 0 aliphatic carbocycles. The van der Waals surface area contributed by atoms with Gasteiger partial charge in [0.05, 0.1) is 0 Å². The topological polar surface area (TPSA) is 41.0 Å². The first-order valence-electron chi connectivity index (χ1n) is 5.54. The van der Waals surface area contributed by atoms with Crippen LogP contribution >= 0.6 is 0 Å². The zero-order valence-corrected chi connectivity index (χ0v) is 9.40. The van der Waals surface area contributed by atoms with Crippen molar-refractivity contribution in [3.8, 4) is 0 Å². The first-order valence-corrected chi connectivity index (χ1v) is 5.54. The normalized spacial score (nSPS) is 17.9. The number of piperidine rings is 1. The molecular formula is C11H18N4. The fourth-order valence-corrected chi connectivity index (χ4v) is 1.89. The standard InChI is InChI=1S/C11H18N4/c1-9-3-5-15(6-4-9)11-7-10(12-2)13-8-14-11/h7-9H,3-6H2,1-2H3,(H,12,13,14). The molecule has 0 bridgehead atoms. The summed E-state index contributed by atoms with van der Waals surface area (Å²) in [5, 5.41) is 3.04. The smallest absolute Gasteiger partial charge is 0.134 e. The van der Waals surface area contributed by atoms with Gasteiger partial charge in [-0.05, 0) is 18.8 Å². The number of nitrogens with zero attached hydrogens (tertiary/aromatic N) is 3. The van der Waals surface area contributed by atoms with Gasteiger partial charge in [-0.3, -0.25) is 0 Å². The molecule has 1 aliphatic rings. The molecule has 0 amide bonds. The monoisotopic (exact) mass is 206 g/mol. The van der Waals surface area contributed by atoms with Gasteiger partial charge in [0.15, 0.2) is 0 Å². The van der Waals surface area contributed by atoms with Crippen LogP contribution in [0, 0.1) is 5.92 Å². The van der Waals surface area contributed by atoms with Crippen molar-refractivity contribution in [2.24, 2.45) is 5.92 Å². The van der Waals surface area contributed by atoms with E-state index in [1.807, 2.05) is 13.1 Å². The molecule has 1 N–H and O–H groups in total. The highest BCUT2D eigenvalue weighted by molar-refractivity contribution is 5.48. The molecule has 82 valence electrons. The molecule has 15 heavy (non-hydrogen) atoms. The third kappa shape index (κ3) is 2.37. The van der Waals surface area contributed by atoms with Crippen LogP contribution in [0.25, 0.3) is 0 Å². The van der Waals surface area contributed by atoms with Gasteiger partial charge in [0, 0.05) is 26.2 Å². The van der Waals surface area contributed by atoms with Crippen molar-refractivity contribution in [1.82, 2.24) is 9.97 Å². The largest absolute Gasteiger partial charge is 0.373 e. The summed E-state index contributed by atoms with van der Waals surface area (Å²) in [6.45, 7) is 4.54. The van der Waals surface area contributed by atoms with E-state index < -0.39 is 0 Å². The van der Waals surface area contributed by atoms with E-state index in [2.05, 4.69) is 27.1 Å². The van der Waals surface area contributed by atoms with Gasteiger partial charge in [-0.25, -0.2) is 9.97 Å². The molecule has 0 saturated carbocycles. The Balaban J connectivity index is 2.08. The SMILES string of the molecule is CNc1cc(N2CCC(C)CC2)ncn1. The molecule has 4 nitrogen and oxygen atoms in total. The van der Waals surface area contributed by atoms with Crippen LogP contribution in [0.3, 0.4) is 0 Å². The molecule has 0 radical (unpaired) electrons. The first kappa shape index (κ1) is 10.2. The van der Waals surface area contributed by atoms with Crippen LogP contribution in [0.1, 0.15) is 19.8 Å². The van der Waals surface area contributed by atoms with Gasteiger partial charge in [0.25, 0.3) is 0 Å². The third-order valence-corrected chi connectivity index (χ3v) is 3.02. The van der Waals surface area contributed by atoms with E-state index in [0.29, 0.717) is 0 Å². The summed E-state index contributed by atoms with van der Waals surface area (Å²) in [5.74, 6) is 2.78. The highest BCUT2D eigenvalue weighted by Gasteiger charge is 2.16. The third-order valence-electron chi connectivity index (χ3n) is 3.02. The zero-order chi connectivity index (χ0) is 10.7. The molecule has 1 fully saturated rings. The lowest BCUT2D eigenvalue weighted by Crippen LogP contribution is -2.33. The van der Waals surface area contributed by atoms with Gasteiger partial charge in [0.2, 0.25) is 0 Å². The first-order chi connectivity index (χ1) is 7.29. The molecule has 2 heterocycles. The van der Waals surface area contributed by atoms with Gasteiger partial charge in [0.1, 0.15) is 18.0 Å². The van der Waals surface area contributed by atoms with E-state index in [0.717, 1.165) is 30.6 Å². The summed E-state index contributed by atoms with van der Waals surface area (Å²) in [6, 6.07) is 2.01. The molecule has 0 unspecified atom stereocenters. The Morgan fingerprint density at radius 3 is 2.73 bits per heavy atom. The Kier molecular flexibility index (Phi) is 3.04. The lowest BCUT2D eigenvalue weighted by molar-refractivity contribution is 0.436. The van der Waals surface area contributed by atoms with Crippen molar-refractivity contribution in [2.75, 3.05) is 30.4 Å². The lowest BCUT2D eigenvalue weighted by Gasteiger charge is -2.31. The second kappa shape index (κ2) is 4.47. The number of aromatic nitrogens is 2. The van der Waals surface area contributed by atoms with Crippen LogP contribution in [0.2, 0.25) is 0 Å². The van der Waals surface area contributed by atoms with Crippen molar-refractivity contribution in [3.05, 3.63) is 12.4 Å². The van der Waals surface area contributed by atoms with Gasteiger partial charge in [-0.2, -0.15) is 0 Å². The van der Waals surface area contributed by atoms with Crippen molar-refractivity contribution >= 4 is 11.6 Å². The summed E-state index contributed by atoms with van der Waals surface area (Å²) in [5.41, 5.74) is 0. The van der Waals surface area contributed by atoms with Gasteiger partial charge in [-0.1, -0.05) is 6.92 Å². The number of hydrogen-bond acceptors (Lipinski definition) is 4. The lowest BCUT2D eigenvalue weighted by atomic mass is 9.99. The van der Waals surface area contributed by atoms with Crippen molar-refractivity contribution < 1.29 is 0 Å². The minimum absolute atomic E-state index is 0.854. The number of anilines is 2.